The average molecular weight is 543 g/mol. The summed E-state index contributed by atoms with van der Waals surface area (Å²) in [5, 5.41) is 0. The summed E-state index contributed by atoms with van der Waals surface area (Å²) in [5.41, 5.74) is 0.960. The van der Waals surface area contributed by atoms with Crippen molar-refractivity contribution in [2.24, 2.45) is 52.8 Å². The van der Waals surface area contributed by atoms with Gasteiger partial charge < -0.3 is 0 Å². The van der Waals surface area contributed by atoms with Crippen molar-refractivity contribution >= 4 is 10.1 Å². The normalized spacial score (nSPS) is 41.7. The fourth-order valence-electron chi connectivity index (χ4n) is 10.3. The molecule has 38 heavy (non-hydrogen) atoms. The second-order valence-electron chi connectivity index (χ2n) is 14.5. The van der Waals surface area contributed by atoms with E-state index in [4.69, 9.17) is 4.18 Å². The molecule has 0 saturated heterocycles. The molecule has 5 rings (SSSR count). The van der Waals surface area contributed by atoms with E-state index in [0.717, 1.165) is 53.9 Å². The molecule has 4 fully saturated rings. The van der Waals surface area contributed by atoms with Gasteiger partial charge in [0.15, 0.2) is 0 Å². The first-order valence-corrected chi connectivity index (χ1v) is 17.4. The van der Waals surface area contributed by atoms with E-state index in [-0.39, 0.29) is 10.8 Å². The summed E-state index contributed by atoms with van der Waals surface area (Å²) in [7, 11) is -3.77. The molecule has 0 aromatic heterocycles. The first-order valence-electron chi connectivity index (χ1n) is 16.0. The van der Waals surface area contributed by atoms with E-state index in [1.54, 1.807) is 12.1 Å². The highest BCUT2D eigenvalue weighted by Crippen LogP contribution is 2.67. The van der Waals surface area contributed by atoms with Gasteiger partial charge in [-0.15, -0.1) is 0 Å². The highest BCUT2D eigenvalue weighted by atomic mass is 32.2. The summed E-state index contributed by atoms with van der Waals surface area (Å²) in [4.78, 5) is 0.285. The lowest BCUT2D eigenvalue weighted by atomic mass is 9.46. The van der Waals surface area contributed by atoms with Gasteiger partial charge in [-0.3, -0.25) is 4.18 Å². The SMILES string of the molecule is CCCCC[C@H](C)[C@H]1CC[C@@]2(C)[C@@H]3CC[C@H]4[C@H](CC[C@](C)(OS(=O)(=O)c5ccc(C)cc5)[C@H]4C)[C@H]3CC[C@H]12. The van der Waals surface area contributed by atoms with Gasteiger partial charge in [0.2, 0.25) is 0 Å². The number of unbranched alkanes of at least 4 members (excludes halogenated alkanes) is 2. The Kier molecular flexibility index (Phi) is 8.17. The molecule has 0 bridgehead atoms. The third-order valence-corrected chi connectivity index (χ3v) is 14.1. The van der Waals surface area contributed by atoms with Crippen LogP contribution >= 0.6 is 0 Å². The molecule has 0 radical (unpaired) electrons. The van der Waals surface area contributed by atoms with Crippen molar-refractivity contribution in [1.29, 1.82) is 0 Å². The van der Waals surface area contributed by atoms with Crippen LogP contribution in [0.5, 0.6) is 0 Å². The molecule has 3 nitrogen and oxygen atoms in total. The third-order valence-electron chi connectivity index (χ3n) is 12.6. The Bertz CT molecular complexity index is 1060. The first-order chi connectivity index (χ1) is 18.0. The smallest absolute Gasteiger partial charge is 0.260 e. The summed E-state index contributed by atoms with van der Waals surface area (Å²) in [6.45, 7) is 13.9. The van der Waals surface area contributed by atoms with Crippen LogP contribution in [0.4, 0.5) is 0 Å². The van der Waals surface area contributed by atoms with Crippen LogP contribution in [-0.2, 0) is 14.3 Å². The first kappa shape index (κ1) is 28.7. The second kappa shape index (κ2) is 10.8. The number of aryl methyl sites for hydroxylation is 1. The molecule has 0 unspecified atom stereocenters. The monoisotopic (exact) mass is 542 g/mol. The average Bonchev–Trinajstić information content (AvgIpc) is 3.24. The molecule has 0 aliphatic heterocycles. The molecule has 0 heterocycles. The van der Waals surface area contributed by atoms with Crippen molar-refractivity contribution in [2.45, 2.75) is 129 Å². The van der Waals surface area contributed by atoms with Gasteiger partial charge in [-0.2, -0.15) is 8.42 Å². The maximum Gasteiger partial charge on any atom is 0.297 e. The highest BCUT2D eigenvalue weighted by molar-refractivity contribution is 7.86. The molecular formula is C34H54O3S. The van der Waals surface area contributed by atoms with E-state index in [1.807, 2.05) is 19.1 Å². The van der Waals surface area contributed by atoms with E-state index >= 15 is 0 Å². The minimum atomic E-state index is -3.77. The number of hydrogen-bond acceptors (Lipinski definition) is 3. The van der Waals surface area contributed by atoms with Gasteiger partial charge in [-0.1, -0.05) is 71.1 Å². The van der Waals surface area contributed by atoms with Gasteiger partial charge in [0.25, 0.3) is 10.1 Å². The van der Waals surface area contributed by atoms with Crippen molar-refractivity contribution in [3.05, 3.63) is 29.8 Å². The molecule has 4 heteroatoms. The predicted molar refractivity (Wildman–Crippen MR) is 156 cm³/mol. The van der Waals surface area contributed by atoms with Crippen molar-refractivity contribution in [1.82, 2.24) is 0 Å². The fourth-order valence-corrected chi connectivity index (χ4v) is 11.6. The summed E-state index contributed by atoms with van der Waals surface area (Å²) in [6.07, 6.45) is 15.8. The summed E-state index contributed by atoms with van der Waals surface area (Å²) in [5.74, 6) is 5.99. The predicted octanol–water partition coefficient (Wildman–Crippen LogP) is 9.19. The van der Waals surface area contributed by atoms with Gasteiger partial charge >= 0.3 is 0 Å². The zero-order valence-electron chi connectivity index (χ0n) is 25.0. The lowest BCUT2D eigenvalue weighted by Crippen LogP contribution is -2.55. The number of benzene rings is 1. The lowest BCUT2D eigenvalue weighted by molar-refractivity contribution is -0.128. The highest BCUT2D eigenvalue weighted by Gasteiger charge is 2.60. The number of rotatable bonds is 8. The lowest BCUT2D eigenvalue weighted by Gasteiger charge is -2.60. The van der Waals surface area contributed by atoms with Crippen molar-refractivity contribution in [3.63, 3.8) is 0 Å². The van der Waals surface area contributed by atoms with E-state index in [1.165, 1.54) is 64.2 Å². The Labute approximate surface area is 234 Å². The van der Waals surface area contributed by atoms with Crippen LogP contribution in [0.3, 0.4) is 0 Å². The van der Waals surface area contributed by atoms with Crippen LogP contribution in [0, 0.1) is 59.7 Å². The molecule has 0 amide bonds. The molecule has 0 spiro atoms. The van der Waals surface area contributed by atoms with Crippen LogP contribution < -0.4 is 0 Å². The fraction of sp³-hybridized carbons (Fsp3) is 0.824. The Morgan fingerprint density at radius 1 is 0.895 bits per heavy atom. The van der Waals surface area contributed by atoms with Crippen molar-refractivity contribution in [2.75, 3.05) is 0 Å². The molecule has 214 valence electrons. The van der Waals surface area contributed by atoms with Crippen molar-refractivity contribution < 1.29 is 12.6 Å². The van der Waals surface area contributed by atoms with E-state index in [9.17, 15) is 8.42 Å². The second-order valence-corrected chi connectivity index (χ2v) is 16.1. The molecule has 1 aromatic rings. The summed E-state index contributed by atoms with van der Waals surface area (Å²) in [6, 6.07) is 7.09. The van der Waals surface area contributed by atoms with Crippen LogP contribution in [0.25, 0.3) is 0 Å². The molecule has 10 atom stereocenters. The molecule has 4 aliphatic rings. The molecule has 4 saturated carbocycles. The standard InChI is InChI=1S/C34H54O3S/c1-7-8-9-10-24(3)27-19-21-33(5)31(27)18-16-30-29-20-22-34(6,25(4)28(29)15-17-32(30)33)37-38(35,36)26-13-11-23(2)12-14-26/h11-14,24-25,27-32H,7-10,15-22H2,1-6H3/t24-,25-,27+,28+,29-,30+,31+,32+,33+,34-/m0/s1. The van der Waals surface area contributed by atoms with Crippen molar-refractivity contribution in [3.8, 4) is 0 Å². The zero-order chi connectivity index (χ0) is 27.3. The molecule has 4 aliphatic carbocycles. The number of fused-ring (bicyclic) bond motifs is 5. The van der Waals surface area contributed by atoms with Gasteiger partial charge in [0.05, 0.1) is 10.5 Å². The largest absolute Gasteiger partial charge is 0.297 e. The summed E-state index contributed by atoms with van der Waals surface area (Å²) >= 11 is 0. The summed E-state index contributed by atoms with van der Waals surface area (Å²) < 4.78 is 32.7. The molecule has 1 aromatic carbocycles. The molecular weight excluding hydrogens is 488 g/mol. The van der Waals surface area contributed by atoms with Crippen LogP contribution in [-0.4, -0.2) is 14.0 Å². The van der Waals surface area contributed by atoms with E-state index in [2.05, 4.69) is 34.6 Å². The third kappa shape index (κ3) is 5.04. The minimum Gasteiger partial charge on any atom is -0.260 e. The van der Waals surface area contributed by atoms with Crippen LogP contribution in [0.1, 0.15) is 117 Å². The maximum atomic E-state index is 13.3. The Balaban J connectivity index is 1.28. The topological polar surface area (TPSA) is 43.4 Å². The maximum absolute atomic E-state index is 13.3. The van der Waals surface area contributed by atoms with E-state index in [0.29, 0.717) is 11.3 Å². The number of hydrogen-bond donors (Lipinski definition) is 0. The Hall–Kier alpha value is -0.870. The van der Waals surface area contributed by atoms with Gasteiger partial charge in [0, 0.05) is 0 Å². The minimum absolute atomic E-state index is 0.253. The Morgan fingerprint density at radius 2 is 1.58 bits per heavy atom. The van der Waals surface area contributed by atoms with Gasteiger partial charge in [-0.25, -0.2) is 0 Å². The Morgan fingerprint density at radius 3 is 2.29 bits per heavy atom. The van der Waals surface area contributed by atoms with Gasteiger partial charge in [-0.05, 0) is 130 Å². The van der Waals surface area contributed by atoms with Gasteiger partial charge in [0.1, 0.15) is 0 Å². The van der Waals surface area contributed by atoms with E-state index < -0.39 is 15.7 Å². The molecule has 0 N–H and O–H groups in total. The quantitative estimate of drug-likeness (QED) is 0.243. The van der Waals surface area contributed by atoms with Crippen LogP contribution in [0.15, 0.2) is 29.2 Å². The van der Waals surface area contributed by atoms with Crippen LogP contribution in [0.2, 0.25) is 0 Å². The zero-order valence-corrected chi connectivity index (χ0v) is 25.9.